The van der Waals surface area contributed by atoms with Crippen molar-refractivity contribution in [2.75, 3.05) is 20.1 Å². The topological polar surface area (TPSA) is 72.3 Å². The molecule has 19 heavy (non-hydrogen) atoms. The molecule has 0 spiro atoms. The first-order chi connectivity index (χ1) is 8.92. The number of hydrogen-bond acceptors (Lipinski definition) is 3. The van der Waals surface area contributed by atoms with Gasteiger partial charge < -0.3 is 16.4 Å². The Morgan fingerprint density at radius 1 is 1.26 bits per heavy atom. The van der Waals surface area contributed by atoms with Crippen LogP contribution in [-0.2, 0) is 11.2 Å². The molecule has 0 saturated heterocycles. The molecule has 0 radical (unpaired) electrons. The van der Waals surface area contributed by atoms with Crippen molar-refractivity contribution in [2.45, 2.75) is 31.7 Å². The molecule has 1 atom stereocenters. The Bertz CT molecular complexity index is 390. The molecule has 4 N–H and O–H groups in total. The second-order valence-electron chi connectivity index (χ2n) is 5.42. The molecule has 0 aliphatic heterocycles. The van der Waals surface area contributed by atoms with E-state index in [0.717, 1.165) is 25.9 Å². The van der Waals surface area contributed by atoms with Gasteiger partial charge in [-0.1, -0.05) is 30.3 Å². The average molecular weight is 263 g/mol. The summed E-state index contributed by atoms with van der Waals surface area (Å²) in [4.78, 5) is 13.3. The number of carbonyl (C=O) groups is 1. The molecule has 0 fully saturated rings. The standard InChI is InChI=1S/C15H25N3O/c1-15(17,14(16)19)10-6-11-18(2)12-9-13-7-4-3-5-8-13/h3-5,7-8H,6,9-12,17H2,1-2H3,(H2,16,19). The maximum absolute atomic E-state index is 11.1. The van der Waals surface area contributed by atoms with Crippen LogP contribution >= 0.6 is 0 Å². The number of rotatable bonds is 8. The van der Waals surface area contributed by atoms with E-state index in [-0.39, 0.29) is 0 Å². The molecule has 106 valence electrons. The molecule has 0 heterocycles. The summed E-state index contributed by atoms with van der Waals surface area (Å²) < 4.78 is 0. The van der Waals surface area contributed by atoms with Gasteiger partial charge in [0.2, 0.25) is 5.91 Å². The van der Waals surface area contributed by atoms with E-state index in [1.54, 1.807) is 6.92 Å². The summed E-state index contributed by atoms with van der Waals surface area (Å²) in [6.07, 6.45) is 2.53. The van der Waals surface area contributed by atoms with E-state index < -0.39 is 11.4 Å². The minimum Gasteiger partial charge on any atom is -0.368 e. The summed E-state index contributed by atoms with van der Waals surface area (Å²) in [6.45, 7) is 3.62. The third kappa shape index (κ3) is 5.85. The van der Waals surface area contributed by atoms with Crippen LogP contribution in [-0.4, -0.2) is 36.5 Å². The van der Waals surface area contributed by atoms with Gasteiger partial charge >= 0.3 is 0 Å². The smallest absolute Gasteiger partial charge is 0.237 e. The normalized spacial score (nSPS) is 14.3. The lowest BCUT2D eigenvalue weighted by Gasteiger charge is -2.22. The highest BCUT2D eigenvalue weighted by Crippen LogP contribution is 2.09. The van der Waals surface area contributed by atoms with Crippen LogP contribution in [0.2, 0.25) is 0 Å². The average Bonchev–Trinajstić information content (AvgIpc) is 2.37. The Kier molecular flexibility index (Phi) is 5.99. The second-order valence-corrected chi connectivity index (χ2v) is 5.42. The van der Waals surface area contributed by atoms with Gasteiger partial charge in [0, 0.05) is 6.54 Å². The molecule has 0 aromatic heterocycles. The fraction of sp³-hybridized carbons (Fsp3) is 0.533. The second kappa shape index (κ2) is 7.26. The number of nitrogens with two attached hydrogens (primary N) is 2. The van der Waals surface area contributed by atoms with E-state index in [4.69, 9.17) is 11.5 Å². The van der Waals surface area contributed by atoms with Gasteiger partial charge in [-0.15, -0.1) is 0 Å². The van der Waals surface area contributed by atoms with Crippen LogP contribution in [0.1, 0.15) is 25.3 Å². The number of likely N-dealkylation sites (N-methyl/N-ethyl adjacent to an activating group) is 1. The molecule has 0 bridgehead atoms. The highest BCUT2D eigenvalue weighted by Gasteiger charge is 2.24. The predicted molar refractivity (Wildman–Crippen MR) is 78.7 cm³/mol. The minimum atomic E-state index is -0.889. The van der Waals surface area contributed by atoms with Crippen LogP contribution in [0.4, 0.5) is 0 Å². The third-order valence-corrected chi connectivity index (χ3v) is 3.42. The third-order valence-electron chi connectivity index (χ3n) is 3.42. The van der Waals surface area contributed by atoms with Crippen LogP contribution in [0.15, 0.2) is 30.3 Å². The Balaban J connectivity index is 2.22. The number of carbonyl (C=O) groups excluding carboxylic acids is 1. The zero-order valence-electron chi connectivity index (χ0n) is 11.9. The largest absolute Gasteiger partial charge is 0.368 e. The van der Waals surface area contributed by atoms with E-state index in [1.807, 2.05) is 6.07 Å². The van der Waals surface area contributed by atoms with Crippen LogP contribution < -0.4 is 11.5 Å². The Morgan fingerprint density at radius 3 is 2.47 bits per heavy atom. The molecule has 0 aliphatic carbocycles. The Hall–Kier alpha value is -1.39. The fourth-order valence-corrected chi connectivity index (χ4v) is 1.92. The van der Waals surface area contributed by atoms with Gasteiger partial charge in [-0.25, -0.2) is 0 Å². The number of amides is 1. The predicted octanol–water partition coefficient (Wildman–Crippen LogP) is 1.14. The van der Waals surface area contributed by atoms with Gasteiger partial charge in [0.1, 0.15) is 0 Å². The summed E-state index contributed by atoms with van der Waals surface area (Å²) in [5.41, 5.74) is 11.5. The Labute approximate surface area is 115 Å². The van der Waals surface area contributed by atoms with Crippen molar-refractivity contribution in [1.29, 1.82) is 0 Å². The molecular weight excluding hydrogens is 238 g/mol. The van der Waals surface area contributed by atoms with Crippen molar-refractivity contribution in [3.63, 3.8) is 0 Å². The van der Waals surface area contributed by atoms with E-state index in [1.165, 1.54) is 5.56 Å². The van der Waals surface area contributed by atoms with Gasteiger partial charge in [-0.2, -0.15) is 0 Å². The zero-order valence-corrected chi connectivity index (χ0v) is 11.9. The summed E-state index contributed by atoms with van der Waals surface area (Å²) >= 11 is 0. The lowest BCUT2D eigenvalue weighted by molar-refractivity contribution is -0.122. The van der Waals surface area contributed by atoms with Crippen molar-refractivity contribution in [2.24, 2.45) is 11.5 Å². The number of benzene rings is 1. The van der Waals surface area contributed by atoms with Crippen molar-refractivity contribution >= 4 is 5.91 Å². The van der Waals surface area contributed by atoms with Gasteiger partial charge in [-0.05, 0) is 45.3 Å². The number of primary amides is 1. The van der Waals surface area contributed by atoms with E-state index >= 15 is 0 Å². The van der Waals surface area contributed by atoms with Crippen LogP contribution in [0.25, 0.3) is 0 Å². The van der Waals surface area contributed by atoms with Gasteiger partial charge in [0.25, 0.3) is 0 Å². The molecule has 0 aliphatic rings. The summed E-state index contributed by atoms with van der Waals surface area (Å²) in [5, 5.41) is 0. The van der Waals surface area contributed by atoms with Gasteiger partial charge in [0.05, 0.1) is 5.54 Å². The molecule has 1 aromatic rings. The highest BCUT2D eigenvalue weighted by atomic mass is 16.1. The van der Waals surface area contributed by atoms with Crippen molar-refractivity contribution < 1.29 is 4.79 Å². The maximum atomic E-state index is 11.1. The van der Waals surface area contributed by atoms with Gasteiger partial charge in [0.15, 0.2) is 0 Å². The van der Waals surface area contributed by atoms with E-state index in [9.17, 15) is 4.79 Å². The monoisotopic (exact) mass is 263 g/mol. The minimum absolute atomic E-state index is 0.431. The molecular formula is C15H25N3O. The highest BCUT2D eigenvalue weighted by molar-refractivity contribution is 5.83. The fourth-order valence-electron chi connectivity index (χ4n) is 1.92. The zero-order chi connectivity index (χ0) is 14.3. The van der Waals surface area contributed by atoms with Gasteiger partial charge in [-0.3, -0.25) is 4.79 Å². The van der Waals surface area contributed by atoms with Crippen molar-refractivity contribution in [3.8, 4) is 0 Å². The van der Waals surface area contributed by atoms with Crippen LogP contribution in [0.3, 0.4) is 0 Å². The molecule has 0 saturated carbocycles. The van der Waals surface area contributed by atoms with Crippen molar-refractivity contribution in [3.05, 3.63) is 35.9 Å². The molecule has 4 heteroatoms. The first-order valence-electron chi connectivity index (χ1n) is 6.73. The number of hydrogen-bond donors (Lipinski definition) is 2. The number of nitrogens with zero attached hydrogens (tertiary/aromatic N) is 1. The van der Waals surface area contributed by atoms with Crippen LogP contribution in [0.5, 0.6) is 0 Å². The SMILES string of the molecule is CN(CCCC(C)(N)C(N)=O)CCc1ccccc1. The first-order valence-corrected chi connectivity index (χ1v) is 6.73. The molecule has 1 rings (SSSR count). The summed E-state index contributed by atoms with van der Waals surface area (Å²) in [5.74, 6) is -0.431. The molecule has 4 nitrogen and oxygen atoms in total. The Morgan fingerprint density at radius 2 is 1.89 bits per heavy atom. The lowest BCUT2D eigenvalue weighted by atomic mass is 9.96. The molecule has 1 aromatic carbocycles. The van der Waals surface area contributed by atoms with Crippen molar-refractivity contribution in [1.82, 2.24) is 4.90 Å². The summed E-state index contributed by atoms with van der Waals surface area (Å²) in [7, 11) is 2.08. The lowest BCUT2D eigenvalue weighted by Crippen LogP contribution is -2.49. The summed E-state index contributed by atoms with van der Waals surface area (Å²) in [6, 6.07) is 10.4. The van der Waals surface area contributed by atoms with E-state index in [0.29, 0.717) is 6.42 Å². The maximum Gasteiger partial charge on any atom is 0.237 e. The molecule has 1 amide bonds. The quantitative estimate of drug-likeness (QED) is 0.739. The van der Waals surface area contributed by atoms with E-state index in [2.05, 4.69) is 36.2 Å². The molecule has 1 unspecified atom stereocenters. The first kappa shape index (κ1) is 15.7. The van der Waals surface area contributed by atoms with Crippen LogP contribution in [0, 0.1) is 0 Å².